The van der Waals surface area contributed by atoms with Gasteiger partial charge in [-0.2, -0.15) is 0 Å². The number of hydrogen-bond donors (Lipinski definition) is 1. The Morgan fingerprint density at radius 1 is 1.20 bits per heavy atom. The minimum Gasteiger partial charge on any atom is -0.356 e. The molecule has 0 saturated carbocycles. The number of carbonyl (C=O) groups excluding carboxylic acids is 1. The van der Waals surface area contributed by atoms with Gasteiger partial charge in [0.2, 0.25) is 0 Å². The third-order valence-electron chi connectivity index (χ3n) is 5.18. The second-order valence-electron chi connectivity index (χ2n) is 6.83. The van der Waals surface area contributed by atoms with E-state index in [0.29, 0.717) is 0 Å². The Kier molecular flexibility index (Phi) is 4.65. The number of fused-ring (bicyclic) bond motifs is 1. The number of hydrogen-bond acceptors (Lipinski definition) is 6. The van der Waals surface area contributed by atoms with Crippen LogP contribution in [0.3, 0.4) is 0 Å². The molecule has 25 heavy (non-hydrogen) atoms. The van der Waals surface area contributed by atoms with Gasteiger partial charge in [0, 0.05) is 30.4 Å². The molecule has 0 spiro atoms. The highest BCUT2D eigenvalue weighted by Gasteiger charge is 2.26. The monoisotopic (exact) mass is 357 g/mol. The van der Waals surface area contributed by atoms with Gasteiger partial charge in [-0.1, -0.05) is 0 Å². The van der Waals surface area contributed by atoms with Gasteiger partial charge >= 0.3 is 0 Å². The number of carbonyl (C=O) groups is 1. The molecule has 1 N–H and O–H groups in total. The first-order valence-electron chi connectivity index (χ1n) is 9.01. The van der Waals surface area contributed by atoms with Crippen LogP contribution in [-0.4, -0.2) is 40.0 Å². The molecule has 2 aromatic rings. The zero-order valence-corrected chi connectivity index (χ0v) is 15.3. The lowest BCUT2D eigenvalue weighted by atomic mass is 9.95. The standard InChI is InChI=1S/C18H23N5OS/c1-12-16(25-11-21-12)18(24)22-13-6-8-23(9-7-13)17-14-4-2-3-5-15(14)19-10-20-17/h10-11,13H,2-9H2,1H3,(H,22,24). The minimum atomic E-state index is 0.0119. The molecule has 1 aliphatic carbocycles. The summed E-state index contributed by atoms with van der Waals surface area (Å²) in [5.74, 6) is 1.13. The van der Waals surface area contributed by atoms with Crippen molar-refractivity contribution >= 4 is 23.1 Å². The fourth-order valence-corrected chi connectivity index (χ4v) is 4.49. The Balaban J connectivity index is 1.39. The van der Waals surface area contributed by atoms with E-state index in [2.05, 4.69) is 25.2 Å². The van der Waals surface area contributed by atoms with Crippen molar-refractivity contribution in [3.63, 3.8) is 0 Å². The van der Waals surface area contributed by atoms with Gasteiger partial charge in [-0.05, 0) is 45.4 Å². The minimum absolute atomic E-state index is 0.0119. The van der Waals surface area contributed by atoms with Crippen molar-refractivity contribution in [2.75, 3.05) is 18.0 Å². The maximum Gasteiger partial charge on any atom is 0.263 e. The quantitative estimate of drug-likeness (QED) is 0.914. The Morgan fingerprint density at radius 2 is 2.00 bits per heavy atom. The molecule has 0 atom stereocenters. The van der Waals surface area contributed by atoms with Crippen LogP contribution in [0.25, 0.3) is 0 Å². The fourth-order valence-electron chi connectivity index (χ4n) is 3.78. The number of aryl methyl sites for hydroxylation is 2. The van der Waals surface area contributed by atoms with Gasteiger partial charge in [0.25, 0.3) is 5.91 Å². The maximum absolute atomic E-state index is 12.4. The number of piperidine rings is 1. The van der Waals surface area contributed by atoms with Crippen LogP contribution in [0.1, 0.15) is 52.3 Å². The normalized spacial score (nSPS) is 18.0. The Hall–Kier alpha value is -2.02. The third-order valence-corrected chi connectivity index (χ3v) is 6.11. The molecule has 0 aromatic carbocycles. The van der Waals surface area contributed by atoms with E-state index in [-0.39, 0.29) is 11.9 Å². The van der Waals surface area contributed by atoms with Gasteiger partial charge in [0.05, 0.1) is 11.2 Å². The van der Waals surface area contributed by atoms with Crippen LogP contribution in [-0.2, 0) is 12.8 Å². The summed E-state index contributed by atoms with van der Waals surface area (Å²) in [5.41, 5.74) is 5.11. The first kappa shape index (κ1) is 16.4. The molecule has 1 fully saturated rings. The predicted octanol–water partition coefficient (Wildman–Crippen LogP) is 2.52. The van der Waals surface area contributed by atoms with Gasteiger partial charge in [0.15, 0.2) is 0 Å². The van der Waals surface area contributed by atoms with E-state index in [1.807, 2.05) is 6.92 Å². The second kappa shape index (κ2) is 7.07. The van der Waals surface area contributed by atoms with Crippen LogP contribution in [0.5, 0.6) is 0 Å². The number of nitrogens with one attached hydrogen (secondary N) is 1. The lowest BCUT2D eigenvalue weighted by Crippen LogP contribution is -2.45. The zero-order valence-electron chi connectivity index (χ0n) is 14.5. The van der Waals surface area contributed by atoms with Gasteiger partial charge in [-0.15, -0.1) is 11.3 Å². The van der Waals surface area contributed by atoms with E-state index in [1.54, 1.807) is 11.8 Å². The lowest BCUT2D eigenvalue weighted by molar-refractivity contribution is 0.0934. The molecule has 7 heteroatoms. The molecule has 0 unspecified atom stereocenters. The van der Waals surface area contributed by atoms with Gasteiger partial charge in [-0.25, -0.2) is 15.0 Å². The maximum atomic E-state index is 12.4. The average molecular weight is 357 g/mol. The molecule has 1 aliphatic heterocycles. The zero-order chi connectivity index (χ0) is 17.2. The number of anilines is 1. The molecule has 6 nitrogen and oxygen atoms in total. The molecule has 1 saturated heterocycles. The molecule has 0 radical (unpaired) electrons. The third kappa shape index (κ3) is 3.38. The Labute approximate surface area is 151 Å². The number of rotatable bonds is 3. The summed E-state index contributed by atoms with van der Waals surface area (Å²) in [6, 6.07) is 0.225. The molecule has 3 heterocycles. The van der Waals surface area contributed by atoms with E-state index in [4.69, 9.17) is 0 Å². The van der Waals surface area contributed by atoms with Crippen LogP contribution >= 0.6 is 11.3 Å². The predicted molar refractivity (Wildman–Crippen MR) is 98.2 cm³/mol. The van der Waals surface area contributed by atoms with Gasteiger partial charge in [-0.3, -0.25) is 4.79 Å². The molecular weight excluding hydrogens is 334 g/mol. The van der Waals surface area contributed by atoms with E-state index >= 15 is 0 Å². The van der Waals surface area contributed by atoms with Crippen molar-refractivity contribution in [3.8, 4) is 0 Å². The van der Waals surface area contributed by atoms with E-state index < -0.39 is 0 Å². The van der Waals surface area contributed by atoms with Crippen molar-refractivity contribution in [2.45, 2.75) is 51.5 Å². The lowest BCUT2D eigenvalue weighted by Gasteiger charge is -2.35. The number of aromatic nitrogens is 3. The number of nitrogens with zero attached hydrogens (tertiary/aromatic N) is 4. The molecule has 2 aliphatic rings. The number of amides is 1. The topological polar surface area (TPSA) is 71.0 Å². The van der Waals surface area contributed by atoms with Crippen LogP contribution < -0.4 is 10.2 Å². The second-order valence-corrected chi connectivity index (χ2v) is 7.69. The van der Waals surface area contributed by atoms with Crippen LogP contribution in [0.15, 0.2) is 11.8 Å². The highest BCUT2D eigenvalue weighted by molar-refractivity contribution is 7.11. The summed E-state index contributed by atoms with van der Waals surface area (Å²) in [6.45, 7) is 3.73. The fraction of sp³-hybridized carbons (Fsp3) is 0.556. The van der Waals surface area contributed by atoms with E-state index in [9.17, 15) is 4.79 Å². The summed E-state index contributed by atoms with van der Waals surface area (Å²) in [4.78, 5) is 28.7. The Morgan fingerprint density at radius 3 is 2.76 bits per heavy atom. The molecule has 4 rings (SSSR count). The van der Waals surface area contributed by atoms with Crippen LogP contribution in [0.4, 0.5) is 5.82 Å². The van der Waals surface area contributed by atoms with Gasteiger partial charge < -0.3 is 10.2 Å². The van der Waals surface area contributed by atoms with Crippen molar-refractivity contribution in [2.24, 2.45) is 0 Å². The van der Waals surface area contributed by atoms with Crippen molar-refractivity contribution in [3.05, 3.63) is 33.7 Å². The van der Waals surface area contributed by atoms with Gasteiger partial charge in [0.1, 0.15) is 17.0 Å². The largest absolute Gasteiger partial charge is 0.356 e. The Bertz CT molecular complexity index is 767. The summed E-state index contributed by atoms with van der Waals surface area (Å²) in [5, 5.41) is 3.17. The van der Waals surface area contributed by atoms with E-state index in [1.165, 1.54) is 35.4 Å². The SMILES string of the molecule is Cc1ncsc1C(=O)NC1CCN(c2ncnc3c2CCCC3)CC1. The van der Waals surface area contributed by atoms with Crippen LogP contribution in [0.2, 0.25) is 0 Å². The summed E-state index contributed by atoms with van der Waals surface area (Å²) >= 11 is 1.41. The van der Waals surface area contributed by atoms with E-state index in [0.717, 1.165) is 55.2 Å². The smallest absolute Gasteiger partial charge is 0.263 e. The van der Waals surface area contributed by atoms with Crippen LogP contribution in [0, 0.1) is 6.92 Å². The number of thiazole rings is 1. The van der Waals surface area contributed by atoms with Crippen molar-refractivity contribution in [1.29, 1.82) is 0 Å². The molecular formula is C18H23N5OS. The molecule has 0 bridgehead atoms. The van der Waals surface area contributed by atoms with Crippen molar-refractivity contribution in [1.82, 2.24) is 20.3 Å². The highest BCUT2D eigenvalue weighted by Crippen LogP contribution is 2.29. The first-order valence-corrected chi connectivity index (χ1v) is 9.89. The molecule has 1 amide bonds. The average Bonchev–Trinajstić information content (AvgIpc) is 3.08. The summed E-state index contributed by atoms with van der Waals surface area (Å²) in [7, 11) is 0. The van der Waals surface area contributed by atoms with Crippen molar-refractivity contribution < 1.29 is 4.79 Å². The summed E-state index contributed by atoms with van der Waals surface area (Å²) in [6.07, 6.45) is 8.23. The molecule has 132 valence electrons. The first-order chi connectivity index (χ1) is 12.2. The highest BCUT2D eigenvalue weighted by atomic mass is 32.1. The molecule has 2 aromatic heterocycles. The summed E-state index contributed by atoms with van der Waals surface area (Å²) < 4.78 is 0.